The van der Waals surface area contributed by atoms with Crippen LogP contribution in [-0.2, 0) is 9.84 Å². The number of hydrogen-bond acceptors (Lipinski definition) is 7. The average molecular weight is 449 g/mol. The van der Waals surface area contributed by atoms with Gasteiger partial charge in [0, 0.05) is 36.2 Å². The van der Waals surface area contributed by atoms with Crippen LogP contribution in [0, 0.1) is 0 Å². The Morgan fingerprint density at radius 3 is 2.41 bits per heavy atom. The van der Waals surface area contributed by atoms with Crippen molar-refractivity contribution in [1.29, 1.82) is 0 Å². The molecule has 0 bridgehead atoms. The van der Waals surface area contributed by atoms with Crippen molar-refractivity contribution in [1.82, 2.24) is 15.2 Å². The number of H-pyrrole nitrogens is 1. The van der Waals surface area contributed by atoms with Gasteiger partial charge in [-0.25, -0.2) is 8.42 Å². The highest BCUT2D eigenvalue weighted by molar-refractivity contribution is 7.90. The Labute approximate surface area is 185 Å². The number of nitrogens with zero attached hydrogens (tertiary/aromatic N) is 3. The number of aromatic amines is 1. The molecule has 0 fully saturated rings. The minimum Gasteiger partial charge on any atom is -0.454 e. The Bertz CT molecular complexity index is 1400. The van der Waals surface area contributed by atoms with E-state index in [2.05, 4.69) is 15.2 Å². The van der Waals surface area contributed by atoms with Gasteiger partial charge >= 0.3 is 0 Å². The number of ether oxygens (including phenoxy) is 2. The molecule has 8 nitrogen and oxygen atoms in total. The fourth-order valence-corrected chi connectivity index (χ4v) is 4.20. The van der Waals surface area contributed by atoms with Crippen LogP contribution in [0.5, 0.6) is 11.5 Å². The van der Waals surface area contributed by atoms with Gasteiger partial charge in [0.15, 0.2) is 33.0 Å². The smallest absolute Gasteiger partial charge is 0.231 e. The fourth-order valence-electron chi connectivity index (χ4n) is 3.57. The Morgan fingerprint density at radius 1 is 0.906 bits per heavy atom. The summed E-state index contributed by atoms with van der Waals surface area (Å²) in [5.41, 5.74) is 3.50. The van der Waals surface area contributed by atoms with Gasteiger partial charge in [0.2, 0.25) is 6.79 Å². The van der Waals surface area contributed by atoms with Crippen LogP contribution < -0.4 is 14.4 Å². The standard InChI is InChI=1S/C23H20N4O4S/c1-27(16-9-12-20-21(13-16)31-14-30-20)19-6-4-3-5-18(19)23-24-22(25-26-23)15-7-10-17(11-8-15)32(2,28)29/h3-13H,14H2,1-2H3,(H,24,25,26). The van der Waals surface area contributed by atoms with E-state index < -0.39 is 9.84 Å². The monoisotopic (exact) mass is 448 g/mol. The van der Waals surface area contributed by atoms with Crippen LogP contribution in [0.1, 0.15) is 0 Å². The molecule has 0 amide bonds. The number of hydrogen-bond donors (Lipinski definition) is 1. The van der Waals surface area contributed by atoms with Crippen LogP contribution in [0.2, 0.25) is 0 Å². The lowest BCUT2D eigenvalue weighted by molar-refractivity contribution is 0.174. The molecule has 0 radical (unpaired) electrons. The summed E-state index contributed by atoms with van der Waals surface area (Å²) >= 11 is 0. The second-order valence-electron chi connectivity index (χ2n) is 7.43. The molecule has 1 aliphatic rings. The molecule has 0 spiro atoms. The van der Waals surface area contributed by atoms with Gasteiger partial charge in [-0.05, 0) is 48.5 Å². The van der Waals surface area contributed by atoms with Crippen molar-refractivity contribution in [2.75, 3.05) is 25.0 Å². The molecule has 2 heterocycles. The van der Waals surface area contributed by atoms with Gasteiger partial charge in [0.1, 0.15) is 0 Å². The molecule has 1 aromatic heterocycles. The zero-order chi connectivity index (χ0) is 22.3. The first-order valence-corrected chi connectivity index (χ1v) is 11.8. The van der Waals surface area contributed by atoms with Crippen molar-refractivity contribution in [2.45, 2.75) is 4.90 Å². The van der Waals surface area contributed by atoms with Crippen LogP contribution in [0.4, 0.5) is 11.4 Å². The topological polar surface area (TPSA) is 97.4 Å². The van der Waals surface area contributed by atoms with Gasteiger partial charge in [-0.1, -0.05) is 12.1 Å². The lowest BCUT2D eigenvalue weighted by atomic mass is 10.1. The third-order valence-corrected chi connectivity index (χ3v) is 6.44. The summed E-state index contributed by atoms with van der Waals surface area (Å²) in [6.45, 7) is 0.227. The largest absolute Gasteiger partial charge is 0.454 e. The van der Waals surface area contributed by atoms with Crippen LogP contribution >= 0.6 is 0 Å². The predicted molar refractivity (Wildman–Crippen MR) is 121 cm³/mol. The summed E-state index contributed by atoms with van der Waals surface area (Å²) in [7, 11) is -1.28. The number of aromatic nitrogens is 3. The number of sulfone groups is 1. The maximum Gasteiger partial charge on any atom is 0.231 e. The van der Waals surface area contributed by atoms with Crippen molar-refractivity contribution in [3.05, 3.63) is 66.7 Å². The highest BCUT2D eigenvalue weighted by Gasteiger charge is 2.18. The first kappa shape index (κ1) is 20.1. The summed E-state index contributed by atoms with van der Waals surface area (Å²) in [4.78, 5) is 5.55. The Hall–Kier alpha value is -3.85. The van der Waals surface area contributed by atoms with Crippen LogP contribution in [0.25, 0.3) is 22.8 Å². The molecule has 0 aliphatic carbocycles. The van der Waals surface area contributed by atoms with E-state index in [1.54, 1.807) is 24.3 Å². The van der Waals surface area contributed by atoms with E-state index in [4.69, 9.17) is 9.47 Å². The number of anilines is 2. The summed E-state index contributed by atoms with van der Waals surface area (Å²) < 4.78 is 34.3. The summed E-state index contributed by atoms with van der Waals surface area (Å²) in [5, 5.41) is 8.60. The van der Waals surface area contributed by atoms with E-state index in [1.807, 2.05) is 54.4 Å². The molecule has 162 valence electrons. The highest BCUT2D eigenvalue weighted by Crippen LogP contribution is 2.39. The normalized spacial score (nSPS) is 12.7. The lowest BCUT2D eigenvalue weighted by Crippen LogP contribution is -2.10. The number of benzene rings is 3. The molecule has 9 heteroatoms. The maximum absolute atomic E-state index is 11.7. The molecule has 4 aromatic rings. The molecule has 0 unspecified atom stereocenters. The van der Waals surface area contributed by atoms with Gasteiger partial charge < -0.3 is 19.4 Å². The van der Waals surface area contributed by atoms with Crippen molar-refractivity contribution < 1.29 is 17.9 Å². The first-order chi connectivity index (χ1) is 15.4. The molecule has 3 aromatic carbocycles. The van der Waals surface area contributed by atoms with E-state index in [9.17, 15) is 8.42 Å². The minimum atomic E-state index is -3.25. The SMILES string of the molecule is CN(c1ccc2c(c1)OCO2)c1ccccc1-c1nnc(-c2ccc(S(C)(=O)=O)cc2)[nH]1. The Balaban J connectivity index is 1.47. The second-order valence-corrected chi connectivity index (χ2v) is 9.45. The van der Waals surface area contributed by atoms with E-state index in [0.29, 0.717) is 17.4 Å². The number of nitrogens with one attached hydrogen (secondary N) is 1. The van der Waals surface area contributed by atoms with E-state index in [0.717, 1.165) is 28.3 Å². The van der Waals surface area contributed by atoms with Crippen molar-refractivity contribution >= 4 is 21.2 Å². The number of fused-ring (bicyclic) bond motifs is 1. The number of rotatable bonds is 5. The minimum absolute atomic E-state index is 0.227. The molecule has 5 rings (SSSR count). The van der Waals surface area contributed by atoms with Gasteiger partial charge in [-0.2, -0.15) is 0 Å². The zero-order valence-corrected chi connectivity index (χ0v) is 18.3. The van der Waals surface area contributed by atoms with Crippen molar-refractivity contribution in [3.8, 4) is 34.3 Å². The quantitative estimate of drug-likeness (QED) is 0.492. The molecular formula is C23H20N4O4S. The molecular weight excluding hydrogens is 428 g/mol. The summed E-state index contributed by atoms with van der Waals surface area (Å²) in [5.74, 6) is 2.61. The molecule has 32 heavy (non-hydrogen) atoms. The first-order valence-electron chi connectivity index (χ1n) is 9.86. The van der Waals surface area contributed by atoms with Crippen LogP contribution in [-0.4, -0.2) is 43.7 Å². The van der Waals surface area contributed by atoms with E-state index in [1.165, 1.54) is 6.26 Å². The second kappa shape index (κ2) is 7.69. The van der Waals surface area contributed by atoms with E-state index in [-0.39, 0.29) is 11.7 Å². The van der Waals surface area contributed by atoms with Gasteiger partial charge in [-0.3, -0.25) is 0 Å². The third-order valence-electron chi connectivity index (χ3n) is 5.31. The molecule has 1 N–H and O–H groups in total. The van der Waals surface area contributed by atoms with Gasteiger partial charge in [-0.15, -0.1) is 10.2 Å². The average Bonchev–Trinajstić information content (AvgIpc) is 3.47. The molecule has 0 saturated heterocycles. The van der Waals surface area contributed by atoms with Gasteiger partial charge in [0.25, 0.3) is 0 Å². The maximum atomic E-state index is 11.7. The molecule has 0 atom stereocenters. The van der Waals surface area contributed by atoms with E-state index >= 15 is 0 Å². The van der Waals surface area contributed by atoms with Crippen LogP contribution in [0.15, 0.2) is 71.6 Å². The summed E-state index contributed by atoms with van der Waals surface area (Å²) in [6.07, 6.45) is 1.18. The van der Waals surface area contributed by atoms with Crippen molar-refractivity contribution in [2.24, 2.45) is 0 Å². The molecule has 0 saturated carbocycles. The molecule has 1 aliphatic heterocycles. The van der Waals surface area contributed by atoms with Crippen LogP contribution in [0.3, 0.4) is 0 Å². The third kappa shape index (κ3) is 3.67. The van der Waals surface area contributed by atoms with Gasteiger partial charge in [0.05, 0.1) is 10.6 Å². The fraction of sp³-hybridized carbons (Fsp3) is 0.130. The van der Waals surface area contributed by atoms with Crippen molar-refractivity contribution in [3.63, 3.8) is 0 Å². The Morgan fingerprint density at radius 2 is 1.62 bits per heavy atom. The summed E-state index contributed by atoms with van der Waals surface area (Å²) in [6, 6.07) is 20.2. The number of para-hydroxylation sites is 1. The predicted octanol–water partition coefficient (Wildman–Crippen LogP) is 4.04. The zero-order valence-electron chi connectivity index (χ0n) is 17.4. The highest BCUT2D eigenvalue weighted by atomic mass is 32.2. The lowest BCUT2D eigenvalue weighted by Gasteiger charge is -2.22. The Kier molecular flexibility index (Phi) is 4.82.